The first-order valence-electron chi connectivity index (χ1n) is 13.8. The van der Waals surface area contributed by atoms with Crippen LogP contribution in [0, 0.1) is 17.6 Å². The molecule has 0 aromatic heterocycles. The maximum absolute atomic E-state index is 15.1. The van der Waals surface area contributed by atoms with Crippen LogP contribution in [0.2, 0.25) is 0 Å². The second-order valence-electron chi connectivity index (χ2n) is 11.5. The molecule has 0 radical (unpaired) electrons. The number of methoxy groups -OCH3 is 3. The van der Waals surface area contributed by atoms with Gasteiger partial charge >= 0.3 is 0 Å². The summed E-state index contributed by atoms with van der Waals surface area (Å²) in [5.74, 6) is -1.34. The largest absolute Gasteiger partial charge is 0.495 e. The van der Waals surface area contributed by atoms with Crippen molar-refractivity contribution in [3.63, 3.8) is 0 Å². The summed E-state index contributed by atoms with van der Waals surface area (Å²) in [4.78, 5) is 15.5. The Morgan fingerprint density at radius 2 is 1.70 bits per heavy atom. The SMILES string of the molecule is COc1cc(C(=O)NC2NNC3CC(c4c(F)c(OC)cc(OC)c4F)CCC32)ccc1N1CCNC(C)(C)C1. The highest BCUT2D eigenvalue weighted by atomic mass is 19.1. The molecule has 1 amide bonds. The van der Waals surface area contributed by atoms with Gasteiger partial charge in [-0.25, -0.2) is 14.2 Å². The molecular weight excluding hydrogens is 520 g/mol. The number of hydrogen-bond donors (Lipinski definition) is 4. The van der Waals surface area contributed by atoms with Crippen LogP contribution in [0.5, 0.6) is 17.2 Å². The number of rotatable bonds is 7. The molecule has 3 fully saturated rings. The Morgan fingerprint density at radius 3 is 2.35 bits per heavy atom. The van der Waals surface area contributed by atoms with E-state index in [4.69, 9.17) is 14.2 Å². The lowest BCUT2D eigenvalue weighted by molar-refractivity contribution is 0.0915. The fourth-order valence-electron chi connectivity index (χ4n) is 6.38. The molecule has 2 heterocycles. The van der Waals surface area contributed by atoms with E-state index in [1.54, 1.807) is 13.2 Å². The number of anilines is 1. The lowest BCUT2D eigenvalue weighted by Crippen LogP contribution is -2.57. The summed E-state index contributed by atoms with van der Waals surface area (Å²) >= 11 is 0. The summed E-state index contributed by atoms with van der Waals surface area (Å²) in [6.07, 6.45) is 1.40. The topological polar surface area (TPSA) is 96.1 Å². The monoisotopic (exact) mass is 559 g/mol. The Kier molecular flexibility index (Phi) is 8.08. The first-order valence-corrected chi connectivity index (χ1v) is 13.8. The molecule has 4 unspecified atom stereocenters. The Bertz CT molecular complexity index is 1230. The molecule has 40 heavy (non-hydrogen) atoms. The lowest BCUT2D eigenvalue weighted by atomic mass is 9.75. The predicted octanol–water partition coefficient (Wildman–Crippen LogP) is 3.30. The van der Waals surface area contributed by atoms with E-state index in [2.05, 4.69) is 40.2 Å². The minimum atomic E-state index is -0.693. The lowest BCUT2D eigenvalue weighted by Gasteiger charge is -2.40. The Labute approximate surface area is 233 Å². The van der Waals surface area contributed by atoms with Crippen molar-refractivity contribution in [3.05, 3.63) is 47.0 Å². The van der Waals surface area contributed by atoms with Crippen LogP contribution in [0.15, 0.2) is 24.3 Å². The average Bonchev–Trinajstić information content (AvgIpc) is 3.34. The van der Waals surface area contributed by atoms with Crippen LogP contribution in [0.1, 0.15) is 54.9 Å². The molecule has 3 aliphatic rings. The Hall–Kier alpha value is -3.15. The molecule has 4 N–H and O–H groups in total. The third-order valence-corrected chi connectivity index (χ3v) is 8.41. The average molecular weight is 560 g/mol. The molecule has 4 atom stereocenters. The number of hydrazine groups is 1. The molecule has 2 aliphatic heterocycles. The highest BCUT2D eigenvalue weighted by molar-refractivity contribution is 5.95. The van der Waals surface area contributed by atoms with E-state index in [-0.39, 0.29) is 52.6 Å². The molecule has 1 saturated carbocycles. The number of hydrogen-bond acceptors (Lipinski definition) is 8. The first-order chi connectivity index (χ1) is 19.2. The minimum Gasteiger partial charge on any atom is -0.495 e. The van der Waals surface area contributed by atoms with Crippen LogP contribution >= 0.6 is 0 Å². The van der Waals surface area contributed by atoms with Gasteiger partial charge in [-0.15, -0.1) is 0 Å². The van der Waals surface area contributed by atoms with E-state index in [0.717, 1.165) is 25.3 Å². The van der Waals surface area contributed by atoms with Crippen molar-refractivity contribution in [2.45, 2.75) is 56.8 Å². The van der Waals surface area contributed by atoms with E-state index in [9.17, 15) is 4.79 Å². The van der Waals surface area contributed by atoms with Crippen LogP contribution < -0.4 is 40.6 Å². The summed E-state index contributed by atoms with van der Waals surface area (Å²) in [7, 11) is 4.31. The van der Waals surface area contributed by atoms with Crippen LogP contribution in [-0.4, -0.2) is 64.6 Å². The molecule has 9 nitrogen and oxygen atoms in total. The van der Waals surface area contributed by atoms with Gasteiger partial charge in [-0.2, -0.15) is 0 Å². The molecule has 2 aromatic rings. The molecule has 218 valence electrons. The summed E-state index contributed by atoms with van der Waals surface area (Å²) in [5, 5.41) is 6.60. The van der Waals surface area contributed by atoms with Gasteiger partial charge in [-0.3, -0.25) is 10.2 Å². The highest BCUT2D eigenvalue weighted by Crippen LogP contribution is 2.44. The first kappa shape index (κ1) is 28.4. The molecule has 2 aromatic carbocycles. The molecular formula is C29H39F2N5O4. The predicted molar refractivity (Wildman–Crippen MR) is 148 cm³/mol. The summed E-state index contributed by atoms with van der Waals surface area (Å²) in [6.45, 7) is 6.87. The van der Waals surface area contributed by atoms with Gasteiger partial charge in [0.25, 0.3) is 5.91 Å². The van der Waals surface area contributed by atoms with Crippen LogP contribution in [0.25, 0.3) is 0 Å². The van der Waals surface area contributed by atoms with E-state index >= 15 is 8.78 Å². The van der Waals surface area contributed by atoms with Crippen molar-refractivity contribution in [2.75, 3.05) is 45.9 Å². The highest BCUT2D eigenvalue weighted by Gasteiger charge is 2.43. The van der Waals surface area contributed by atoms with Gasteiger partial charge in [-0.05, 0) is 57.2 Å². The Balaban J connectivity index is 1.26. The van der Waals surface area contributed by atoms with Gasteiger partial charge in [0.2, 0.25) is 0 Å². The Morgan fingerprint density at radius 1 is 1.00 bits per heavy atom. The zero-order valence-corrected chi connectivity index (χ0v) is 23.7. The number of piperazine rings is 1. The molecule has 0 spiro atoms. The minimum absolute atomic E-state index is 0.0102. The van der Waals surface area contributed by atoms with Crippen molar-refractivity contribution >= 4 is 11.6 Å². The van der Waals surface area contributed by atoms with E-state index in [0.29, 0.717) is 30.6 Å². The van der Waals surface area contributed by atoms with E-state index in [1.807, 2.05) is 12.1 Å². The van der Waals surface area contributed by atoms with Crippen molar-refractivity contribution in [3.8, 4) is 17.2 Å². The second-order valence-corrected chi connectivity index (χ2v) is 11.5. The summed E-state index contributed by atoms with van der Waals surface area (Å²) in [6, 6.07) is 6.69. The maximum atomic E-state index is 15.1. The summed E-state index contributed by atoms with van der Waals surface area (Å²) in [5.41, 5.74) is 7.84. The zero-order chi connectivity index (χ0) is 28.6. The molecule has 11 heteroatoms. The van der Waals surface area contributed by atoms with Gasteiger partial charge < -0.3 is 29.7 Å². The van der Waals surface area contributed by atoms with Gasteiger partial charge in [0.15, 0.2) is 23.1 Å². The third kappa shape index (κ3) is 5.42. The molecule has 5 rings (SSSR count). The number of halogens is 2. The zero-order valence-electron chi connectivity index (χ0n) is 23.7. The smallest absolute Gasteiger partial charge is 0.252 e. The number of amides is 1. The summed E-state index contributed by atoms with van der Waals surface area (Å²) < 4.78 is 46.2. The van der Waals surface area contributed by atoms with Crippen molar-refractivity contribution < 1.29 is 27.8 Å². The van der Waals surface area contributed by atoms with Gasteiger partial charge in [0, 0.05) is 54.3 Å². The molecule has 1 aliphatic carbocycles. The van der Waals surface area contributed by atoms with Gasteiger partial charge in [0.1, 0.15) is 5.75 Å². The molecule has 0 bridgehead atoms. The van der Waals surface area contributed by atoms with Crippen LogP contribution in [0.4, 0.5) is 14.5 Å². The van der Waals surface area contributed by atoms with Crippen molar-refractivity contribution in [1.29, 1.82) is 0 Å². The third-order valence-electron chi connectivity index (χ3n) is 8.41. The van der Waals surface area contributed by atoms with E-state index < -0.39 is 11.6 Å². The maximum Gasteiger partial charge on any atom is 0.252 e. The number of ether oxygens (including phenoxy) is 3. The number of benzene rings is 2. The van der Waals surface area contributed by atoms with Gasteiger partial charge in [-0.1, -0.05) is 0 Å². The number of carbonyl (C=O) groups is 1. The number of fused-ring (bicyclic) bond motifs is 1. The van der Waals surface area contributed by atoms with Crippen molar-refractivity contribution in [1.82, 2.24) is 21.5 Å². The fraction of sp³-hybridized carbons (Fsp3) is 0.552. The molecule has 2 saturated heterocycles. The second kappa shape index (κ2) is 11.4. The van der Waals surface area contributed by atoms with Crippen LogP contribution in [-0.2, 0) is 0 Å². The standard InChI is InChI=1S/C29H39F2N5O4/c1-29(2)15-36(11-10-32-29)20-9-7-17(13-21(20)38-3)28(37)33-27-18-8-6-16(12-19(18)34-35-27)24-25(30)22(39-4)14-23(40-5)26(24)31/h7,9,13-14,16,18-19,27,32,34-35H,6,8,10-12,15H2,1-5H3,(H,33,37). The normalized spacial score (nSPS) is 25.7. The van der Waals surface area contributed by atoms with Crippen molar-refractivity contribution in [2.24, 2.45) is 5.92 Å². The van der Waals surface area contributed by atoms with E-state index in [1.165, 1.54) is 20.3 Å². The van der Waals surface area contributed by atoms with Gasteiger partial charge in [0.05, 0.1) is 33.2 Å². The fourth-order valence-corrected chi connectivity index (χ4v) is 6.38. The number of nitrogens with one attached hydrogen (secondary N) is 4. The number of nitrogens with zero attached hydrogens (tertiary/aromatic N) is 1. The quantitative estimate of drug-likeness (QED) is 0.411. The number of carbonyl (C=O) groups excluding carboxylic acids is 1. The van der Waals surface area contributed by atoms with Crippen LogP contribution in [0.3, 0.4) is 0 Å².